The molecule has 0 saturated carbocycles. The van der Waals surface area contributed by atoms with Gasteiger partial charge in [0, 0.05) is 39.3 Å². The van der Waals surface area contributed by atoms with E-state index in [9.17, 15) is 8.42 Å². The summed E-state index contributed by atoms with van der Waals surface area (Å²) < 4.78 is 43.5. The van der Waals surface area contributed by atoms with Crippen LogP contribution in [0.15, 0.2) is 34.9 Å². The molecular formula is C21H29N3O5S. The molecular weight excluding hydrogens is 406 g/mol. The quantitative estimate of drug-likeness (QED) is 0.558. The Balaban J connectivity index is 1.24. The van der Waals surface area contributed by atoms with Gasteiger partial charge in [0.15, 0.2) is 5.82 Å². The number of hydrogen-bond acceptors (Lipinski definition) is 7. The first kappa shape index (κ1) is 21.4. The number of aromatic nitrogens is 2. The normalized spacial score (nSPS) is 21.3. The van der Waals surface area contributed by atoms with Gasteiger partial charge in [0.1, 0.15) is 0 Å². The first-order valence-corrected chi connectivity index (χ1v) is 12.2. The SMILES string of the molecule is O=S(=O)(Cc1ccccc1)N1CCC(c2nc(CCOCC3CCOCC3)no2)C1. The first-order chi connectivity index (χ1) is 14.6. The van der Waals surface area contributed by atoms with Crippen LogP contribution >= 0.6 is 0 Å². The number of rotatable bonds is 9. The molecule has 164 valence electrons. The van der Waals surface area contributed by atoms with Gasteiger partial charge in [0.05, 0.1) is 18.3 Å². The van der Waals surface area contributed by atoms with Gasteiger partial charge in [0.2, 0.25) is 15.9 Å². The van der Waals surface area contributed by atoms with Crippen molar-refractivity contribution in [2.45, 2.75) is 37.4 Å². The number of sulfonamides is 1. The molecule has 4 rings (SSSR count). The maximum Gasteiger partial charge on any atom is 0.231 e. The summed E-state index contributed by atoms with van der Waals surface area (Å²) in [6.45, 7) is 3.80. The van der Waals surface area contributed by atoms with Gasteiger partial charge >= 0.3 is 0 Å². The van der Waals surface area contributed by atoms with Crippen LogP contribution in [0.2, 0.25) is 0 Å². The van der Waals surface area contributed by atoms with E-state index in [1.807, 2.05) is 30.3 Å². The second-order valence-electron chi connectivity index (χ2n) is 8.01. The molecule has 1 atom stereocenters. The van der Waals surface area contributed by atoms with Gasteiger partial charge in [-0.2, -0.15) is 4.98 Å². The summed E-state index contributed by atoms with van der Waals surface area (Å²) in [5, 5.41) is 4.05. The molecule has 2 aliphatic heterocycles. The van der Waals surface area contributed by atoms with Crippen LogP contribution in [-0.2, 0) is 31.7 Å². The van der Waals surface area contributed by atoms with Crippen molar-refractivity contribution in [2.75, 3.05) is 39.5 Å². The van der Waals surface area contributed by atoms with Crippen molar-refractivity contribution < 1.29 is 22.4 Å². The van der Waals surface area contributed by atoms with E-state index in [2.05, 4.69) is 10.1 Å². The molecule has 1 unspecified atom stereocenters. The molecule has 0 spiro atoms. The molecule has 30 heavy (non-hydrogen) atoms. The predicted molar refractivity (Wildman–Crippen MR) is 110 cm³/mol. The fraction of sp³-hybridized carbons (Fsp3) is 0.619. The van der Waals surface area contributed by atoms with Crippen LogP contribution in [0.1, 0.15) is 42.5 Å². The summed E-state index contributed by atoms with van der Waals surface area (Å²) in [6, 6.07) is 9.25. The summed E-state index contributed by atoms with van der Waals surface area (Å²) in [5.41, 5.74) is 0.793. The highest BCUT2D eigenvalue weighted by molar-refractivity contribution is 7.88. The highest BCUT2D eigenvalue weighted by Crippen LogP contribution is 2.29. The van der Waals surface area contributed by atoms with Crippen molar-refractivity contribution in [2.24, 2.45) is 5.92 Å². The Bertz CT molecular complexity index is 896. The van der Waals surface area contributed by atoms with Crippen LogP contribution in [0.3, 0.4) is 0 Å². The molecule has 0 N–H and O–H groups in total. The van der Waals surface area contributed by atoms with E-state index in [4.69, 9.17) is 14.0 Å². The zero-order chi connectivity index (χ0) is 20.8. The molecule has 2 aromatic rings. The van der Waals surface area contributed by atoms with Gasteiger partial charge in [-0.25, -0.2) is 12.7 Å². The molecule has 2 fully saturated rings. The molecule has 0 aliphatic carbocycles. The average Bonchev–Trinajstić information content (AvgIpc) is 3.42. The van der Waals surface area contributed by atoms with E-state index in [-0.39, 0.29) is 11.7 Å². The molecule has 0 bridgehead atoms. The summed E-state index contributed by atoms with van der Waals surface area (Å²) >= 11 is 0. The largest absolute Gasteiger partial charge is 0.381 e. The third-order valence-corrected chi connectivity index (χ3v) is 7.55. The lowest BCUT2D eigenvalue weighted by Crippen LogP contribution is -2.29. The van der Waals surface area contributed by atoms with Gasteiger partial charge in [0.25, 0.3) is 0 Å². The van der Waals surface area contributed by atoms with Crippen LogP contribution in [-0.4, -0.2) is 62.4 Å². The van der Waals surface area contributed by atoms with E-state index in [0.717, 1.165) is 38.2 Å². The third kappa shape index (κ3) is 5.66. The van der Waals surface area contributed by atoms with Gasteiger partial charge in [-0.15, -0.1) is 0 Å². The Kier molecular flexibility index (Phi) is 7.14. The lowest BCUT2D eigenvalue weighted by atomic mass is 10.0. The van der Waals surface area contributed by atoms with Crippen molar-refractivity contribution >= 4 is 10.0 Å². The molecule has 0 radical (unpaired) electrons. The third-order valence-electron chi connectivity index (χ3n) is 5.73. The van der Waals surface area contributed by atoms with Crippen molar-refractivity contribution in [3.8, 4) is 0 Å². The number of ether oxygens (including phenoxy) is 2. The van der Waals surface area contributed by atoms with Crippen molar-refractivity contribution in [1.29, 1.82) is 0 Å². The Labute approximate surface area is 177 Å². The first-order valence-electron chi connectivity index (χ1n) is 10.6. The van der Waals surface area contributed by atoms with E-state index in [1.165, 1.54) is 4.31 Å². The topological polar surface area (TPSA) is 94.8 Å². The standard InChI is InChI=1S/C21H29N3O5S/c25-30(26,16-18-4-2-1-3-5-18)24-10-6-19(14-24)21-22-20(23-29-21)9-13-28-15-17-7-11-27-12-8-17/h1-5,17,19H,6-16H2. The monoisotopic (exact) mass is 435 g/mol. The lowest BCUT2D eigenvalue weighted by Gasteiger charge is -2.21. The van der Waals surface area contributed by atoms with Gasteiger partial charge in [-0.1, -0.05) is 35.5 Å². The van der Waals surface area contributed by atoms with Crippen molar-refractivity contribution in [3.63, 3.8) is 0 Å². The van der Waals surface area contributed by atoms with Crippen LogP contribution in [0.25, 0.3) is 0 Å². The smallest absolute Gasteiger partial charge is 0.231 e. The van der Waals surface area contributed by atoms with E-state index in [0.29, 0.717) is 50.2 Å². The van der Waals surface area contributed by atoms with Gasteiger partial charge in [-0.3, -0.25) is 0 Å². The molecule has 3 heterocycles. The number of benzene rings is 1. The highest BCUT2D eigenvalue weighted by Gasteiger charge is 2.35. The minimum Gasteiger partial charge on any atom is -0.381 e. The number of hydrogen-bond donors (Lipinski definition) is 0. The van der Waals surface area contributed by atoms with Crippen LogP contribution in [0.5, 0.6) is 0 Å². The Morgan fingerprint density at radius 1 is 1.13 bits per heavy atom. The summed E-state index contributed by atoms with van der Waals surface area (Å²) in [4.78, 5) is 4.48. The zero-order valence-electron chi connectivity index (χ0n) is 17.1. The Morgan fingerprint density at radius 2 is 1.93 bits per heavy atom. The van der Waals surface area contributed by atoms with Crippen molar-refractivity contribution in [1.82, 2.24) is 14.4 Å². The molecule has 2 aliphatic rings. The fourth-order valence-electron chi connectivity index (χ4n) is 3.92. The van der Waals surface area contributed by atoms with E-state index >= 15 is 0 Å². The molecule has 0 amide bonds. The Hall–Kier alpha value is -1.81. The number of nitrogens with zero attached hydrogens (tertiary/aromatic N) is 3. The summed E-state index contributed by atoms with van der Waals surface area (Å²) in [6.07, 6.45) is 3.39. The van der Waals surface area contributed by atoms with Crippen LogP contribution in [0, 0.1) is 5.92 Å². The van der Waals surface area contributed by atoms with E-state index < -0.39 is 10.0 Å². The molecule has 8 nitrogen and oxygen atoms in total. The molecule has 1 aromatic carbocycles. The van der Waals surface area contributed by atoms with Gasteiger partial charge in [-0.05, 0) is 30.7 Å². The fourth-order valence-corrected chi connectivity index (χ4v) is 5.51. The summed E-state index contributed by atoms with van der Waals surface area (Å²) in [5.74, 6) is 1.66. The highest BCUT2D eigenvalue weighted by atomic mass is 32.2. The second-order valence-corrected chi connectivity index (χ2v) is 9.98. The Morgan fingerprint density at radius 3 is 2.73 bits per heavy atom. The summed E-state index contributed by atoms with van der Waals surface area (Å²) in [7, 11) is -3.36. The molecule has 1 aromatic heterocycles. The van der Waals surface area contributed by atoms with Crippen molar-refractivity contribution in [3.05, 3.63) is 47.6 Å². The van der Waals surface area contributed by atoms with E-state index in [1.54, 1.807) is 0 Å². The second kappa shape index (κ2) is 10.00. The maximum atomic E-state index is 12.7. The molecule has 9 heteroatoms. The maximum absolute atomic E-state index is 12.7. The predicted octanol–water partition coefficient (Wildman–Crippen LogP) is 2.37. The molecule has 2 saturated heterocycles. The average molecular weight is 436 g/mol. The van der Waals surface area contributed by atoms with Crippen LogP contribution in [0.4, 0.5) is 0 Å². The van der Waals surface area contributed by atoms with Gasteiger partial charge < -0.3 is 14.0 Å². The van der Waals surface area contributed by atoms with Crippen LogP contribution < -0.4 is 0 Å². The lowest BCUT2D eigenvalue weighted by molar-refractivity contribution is 0.0211. The minimum absolute atomic E-state index is 0.0140. The zero-order valence-corrected chi connectivity index (χ0v) is 17.9. The minimum atomic E-state index is -3.36.